The fourth-order valence-electron chi connectivity index (χ4n) is 4.22. The predicted octanol–water partition coefficient (Wildman–Crippen LogP) is 4.67. The molecule has 0 heterocycles. The molecule has 33 heavy (non-hydrogen) atoms. The van der Waals surface area contributed by atoms with Gasteiger partial charge in [-0.05, 0) is 67.3 Å². The van der Waals surface area contributed by atoms with Gasteiger partial charge in [0, 0.05) is 12.6 Å². The molecule has 0 saturated heterocycles. The lowest BCUT2D eigenvalue weighted by atomic mass is 9.76. The standard InChI is InChI=1S/C28H34N2O3/c1-6-29-27(31)19-21-8-7-9-24(18-21)28(30-20(2)3,22-10-14-25(32-4)15-11-22)23-12-16-26(33-5)17-13-23/h7-18,20,30H,6,19H2,1-5H3,(H,29,31). The summed E-state index contributed by atoms with van der Waals surface area (Å²) in [5.41, 5.74) is 3.56. The van der Waals surface area contributed by atoms with Crippen molar-refractivity contribution in [2.75, 3.05) is 20.8 Å². The van der Waals surface area contributed by atoms with Crippen LogP contribution in [-0.4, -0.2) is 32.7 Å². The second-order valence-corrected chi connectivity index (χ2v) is 8.34. The van der Waals surface area contributed by atoms with Gasteiger partial charge in [-0.2, -0.15) is 0 Å². The summed E-state index contributed by atoms with van der Waals surface area (Å²) in [6.45, 7) is 6.83. The summed E-state index contributed by atoms with van der Waals surface area (Å²) in [7, 11) is 3.34. The normalized spacial score (nSPS) is 11.3. The van der Waals surface area contributed by atoms with Crippen molar-refractivity contribution in [2.45, 2.75) is 38.8 Å². The largest absolute Gasteiger partial charge is 0.497 e. The van der Waals surface area contributed by atoms with E-state index in [4.69, 9.17) is 9.47 Å². The van der Waals surface area contributed by atoms with Gasteiger partial charge in [-0.15, -0.1) is 0 Å². The molecule has 3 rings (SSSR count). The Kier molecular flexibility index (Phi) is 8.12. The van der Waals surface area contributed by atoms with Crippen LogP contribution in [0.15, 0.2) is 72.8 Å². The number of ether oxygens (including phenoxy) is 2. The van der Waals surface area contributed by atoms with Gasteiger partial charge in [0.1, 0.15) is 11.5 Å². The number of nitrogens with one attached hydrogen (secondary N) is 2. The highest BCUT2D eigenvalue weighted by Gasteiger charge is 2.37. The molecular weight excluding hydrogens is 412 g/mol. The molecule has 0 unspecified atom stereocenters. The Balaban J connectivity index is 2.22. The number of methoxy groups -OCH3 is 2. The molecule has 0 aromatic heterocycles. The van der Waals surface area contributed by atoms with E-state index in [-0.39, 0.29) is 11.9 Å². The molecule has 0 radical (unpaired) electrons. The Morgan fingerprint density at radius 3 is 1.85 bits per heavy atom. The lowest BCUT2D eigenvalue weighted by Gasteiger charge is -2.39. The maximum absolute atomic E-state index is 12.3. The van der Waals surface area contributed by atoms with Crippen LogP contribution in [0.1, 0.15) is 43.0 Å². The fourth-order valence-corrected chi connectivity index (χ4v) is 4.22. The lowest BCUT2D eigenvalue weighted by molar-refractivity contribution is -0.120. The summed E-state index contributed by atoms with van der Waals surface area (Å²) in [6.07, 6.45) is 0.338. The van der Waals surface area contributed by atoms with E-state index in [0.717, 1.165) is 33.8 Å². The Hall–Kier alpha value is -3.31. The smallest absolute Gasteiger partial charge is 0.224 e. The molecule has 0 fully saturated rings. The van der Waals surface area contributed by atoms with Crippen molar-refractivity contribution in [3.63, 3.8) is 0 Å². The number of rotatable bonds is 10. The maximum Gasteiger partial charge on any atom is 0.224 e. The molecule has 0 saturated carbocycles. The van der Waals surface area contributed by atoms with Crippen LogP contribution in [0.4, 0.5) is 0 Å². The van der Waals surface area contributed by atoms with Gasteiger partial charge in [-0.1, -0.05) is 48.5 Å². The molecule has 0 atom stereocenters. The van der Waals surface area contributed by atoms with E-state index in [1.807, 2.05) is 43.3 Å². The van der Waals surface area contributed by atoms with Crippen molar-refractivity contribution in [3.8, 4) is 11.5 Å². The highest BCUT2D eigenvalue weighted by Crippen LogP contribution is 2.39. The van der Waals surface area contributed by atoms with E-state index >= 15 is 0 Å². The summed E-state index contributed by atoms with van der Waals surface area (Å²) < 4.78 is 10.8. The van der Waals surface area contributed by atoms with Gasteiger partial charge in [0.2, 0.25) is 5.91 Å². The first-order valence-corrected chi connectivity index (χ1v) is 11.4. The van der Waals surface area contributed by atoms with Gasteiger partial charge in [0.25, 0.3) is 0 Å². The minimum Gasteiger partial charge on any atom is -0.497 e. The third-order valence-electron chi connectivity index (χ3n) is 5.65. The first kappa shape index (κ1) is 24.3. The van der Waals surface area contributed by atoms with Gasteiger partial charge < -0.3 is 14.8 Å². The first-order valence-electron chi connectivity index (χ1n) is 11.4. The number of hydrogen-bond donors (Lipinski definition) is 2. The fraction of sp³-hybridized carbons (Fsp3) is 0.321. The maximum atomic E-state index is 12.3. The zero-order valence-electron chi connectivity index (χ0n) is 20.1. The van der Waals surface area contributed by atoms with Crippen LogP contribution in [0.25, 0.3) is 0 Å². The van der Waals surface area contributed by atoms with Crippen molar-refractivity contribution in [2.24, 2.45) is 0 Å². The third kappa shape index (κ3) is 5.55. The second kappa shape index (κ2) is 11.0. The molecular formula is C28H34N2O3. The number of amides is 1. The van der Waals surface area contributed by atoms with Crippen LogP contribution >= 0.6 is 0 Å². The van der Waals surface area contributed by atoms with Gasteiger partial charge in [-0.3, -0.25) is 10.1 Å². The minimum atomic E-state index is -0.635. The molecule has 0 spiro atoms. The molecule has 0 aliphatic heterocycles. The SMILES string of the molecule is CCNC(=O)Cc1cccc(C(NC(C)C)(c2ccc(OC)cc2)c2ccc(OC)cc2)c1. The highest BCUT2D eigenvalue weighted by atomic mass is 16.5. The summed E-state index contributed by atoms with van der Waals surface area (Å²) in [4.78, 5) is 12.3. The molecule has 3 aromatic carbocycles. The van der Waals surface area contributed by atoms with Crippen molar-refractivity contribution < 1.29 is 14.3 Å². The van der Waals surface area contributed by atoms with Crippen molar-refractivity contribution in [1.29, 1.82) is 0 Å². The molecule has 5 heteroatoms. The number of hydrogen-bond acceptors (Lipinski definition) is 4. The van der Waals surface area contributed by atoms with Gasteiger partial charge in [0.15, 0.2) is 0 Å². The van der Waals surface area contributed by atoms with Crippen LogP contribution in [0.2, 0.25) is 0 Å². The van der Waals surface area contributed by atoms with Gasteiger partial charge in [-0.25, -0.2) is 0 Å². The number of carbonyl (C=O) groups excluding carboxylic acids is 1. The minimum absolute atomic E-state index is 0.0194. The Bertz CT molecular complexity index is 996. The zero-order valence-corrected chi connectivity index (χ0v) is 20.1. The summed E-state index contributed by atoms with van der Waals surface area (Å²) in [6, 6.07) is 24.7. The van der Waals surface area contributed by atoms with Crippen LogP contribution in [-0.2, 0) is 16.8 Å². The quantitative estimate of drug-likeness (QED) is 0.444. The number of likely N-dealkylation sites (N-methyl/N-ethyl adjacent to an activating group) is 1. The Morgan fingerprint density at radius 1 is 0.848 bits per heavy atom. The molecule has 1 amide bonds. The molecule has 0 bridgehead atoms. The summed E-state index contributed by atoms with van der Waals surface area (Å²) >= 11 is 0. The van der Waals surface area contributed by atoms with Crippen LogP contribution in [0.5, 0.6) is 11.5 Å². The van der Waals surface area contributed by atoms with E-state index in [0.29, 0.717) is 13.0 Å². The van der Waals surface area contributed by atoms with E-state index in [1.54, 1.807) is 14.2 Å². The molecule has 0 aliphatic rings. The number of carbonyl (C=O) groups is 1. The van der Waals surface area contributed by atoms with E-state index < -0.39 is 5.54 Å². The van der Waals surface area contributed by atoms with E-state index in [1.165, 1.54) is 0 Å². The Labute approximate surface area is 197 Å². The lowest BCUT2D eigenvalue weighted by Crippen LogP contribution is -2.48. The second-order valence-electron chi connectivity index (χ2n) is 8.34. The zero-order chi connectivity index (χ0) is 23.8. The van der Waals surface area contributed by atoms with Crippen LogP contribution < -0.4 is 20.1 Å². The Morgan fingerprint density at radius 2 is 1.39 bits per heavy atom. The van der Waals surface area contributed by atoms with Gasteiger partial charge >= 0.3 is 0 Å². The molecule has 3 aromatic rings. The highest BCUT2D eigenvalue weighted by molar-refractivity contribution is 5.78. The average Bonchev–Trinajstić information content (AvgIpc) is 2.83. The van der Waals surface area contributed by atoms with Crippen molar-refractivity contribution >= 4 is 5.91 Å². The van der Waals surface area contributed by atoms with Crippen LogP contribution in [0, 0.1) is 0 Å². The van der Waals surface area contributed by atoms with E-state index in [9.17, 15) is 4.79 Å². The predicted molar refractivity (Wildman–Crippen MR) is 133 cm³/mol. The van der Waals surface area contributed by atoms with Gasteiger partial charge in [0.05, 0.1) is 26.2 Å². The third-order valence-corrected chi connectivity index (χ3v) is 5.65. The number of benzene rings is 3. The van der Waals surface area contributed by atoms with E-state index in [2.05, 4.69) is 60.9 Å². The molecule has 2 N–H and O–H groups in total. The monoisotopic (exact) mass is 446 g/mol. The van der Waals surface area contributed by atoms with Crippen molar-refractivity contribution in [3.05, 3.63) is 95.1 Å². The summed E-state index contributed by atoms with van der Waals surface area (Å²) in [5, 5.41) is 6.73. The van der Waals surface area contributed by atoms with Crippen molar-refractivity contribution in [1.82, 2.24) is 10.6 Å². The topological polar surface area (TPSA) is 59.6 Å². The first-order chi connectivity index (χ1) is 15.9. The average molecular weight is 447 g/mol. The summed E-state index contributed by atoms with van der Waals surface area (Å²) in [5.74, 6) is 1.62. The molecule has 174 valence electrons. The molecule has 5 nitrogen and oxygen atoms in total. The molecule has 0 aliphatic carbocycles. The van der Waals surface area contributed by atoms with Crippen LogP contribution in [0.3, 0.4) is 0 Å².